The van der Waals surface area contributed by atoms with Gasteiger partial charge in [-0.15, -0.1) is 22.7 Å². The highest BCUT2D eigenvalue weighted by molar-refractivity contribution is 7.18. The molecule has 0 saturated carbocycles. The molecule has 1 saturated heterocycles. The van der Waals surface area contributed by atoms with Crippen LogP contribution in [0.15, 0.2) is 60.1 Å². The number of amides is 2. The van der Waals surface area contributed by atoms with Gasteiger partial charge < -0.3 is 10.2 Å². The summed E-state index contributed by atoms with van der Waals surface area (Å²) >= 11 is 2.92. The molecule has 0 radical (unpaired) electrons. The minimum atomic E-state index is -0.333. The smallest absolute Gasteiger partial charge is 0.274 e. The maximum absolute atomic E-state index is 14.1. The number of benzene rings is 2. The van der Waals surface area contributed by atoms with Gasteiger partial charge in [-0.2, -0.15) is 0 Å². The Kier molecular flexibility index (Phi) is 7.20. The van der Waals surface area contributed by atoms with Gasteiger partial charge in [0.2, 0.25) is 0 Å². The lowest BCUT2D eigenvalue weighted by molar-refractivity contribution is 0.0598. The van der Waals surface area contributed by atoms with Crippen LogP contribution in [-0.4, -0.2) is 50.2 Å². The monoisotopic (exact) mass is 573 g/mol. The fourth-order valence-corrected chi connectivity index (χ4v) is 7.06. The van der Waals surface area contributed by atoms with E-state index in [0.29, 0.717) is 35.0 Å². The number of aryl methyl sites for hydroxylation is 2. The van der Waals surface area contributed by atoms with Crippen LogP contribution in [0, 0.1) is 19.7 Å². The summed E-state index contributed by atoms with van der Waals surface area (Å²) in [4.78, 5) is 39.9. The summed E-state index contributed by atoms with van der Waals surface area (Å²) in [6.45, 7) is 4.77. The summed E-state index contributed by atoms with van der Waals surface area (Å²) in [5, 5.41) is 5.70. The summed E-state index contributed by atoms with van der Waals surface area (Å²) in [6.07, 6.45) is 4.48. The van der Waals surface area contributed by atoms with Crippen LogP contribution in [0.25, 0.3) is 26.0 Å². The lowest BCUT2D eigenvalue weighted by Gasteiger charge is -2.35. The fourth-order valence-electron chi connectivity index (χ4n) is 5.24. The van der Waals surface area contributed by atoms with Crippen LogP contribution in [0.3, 0.4) is 0 Å². The van der Waals surface area contributed by atoms with E-state index in [1.807, 2.05) is 54.6 Å². The topological polar surface area (TPSA) is 79.6 Å². The van der Waals surface area contributed by atoms with E-state index in [1.165, 1.54) is 34.8 Å². The van der Waals surface area contributed by atoms with E-state index in [1.54, 1.807) is 16.5 Å². The zero-order valence-electron chi connectivity index (χ0n) is 22.2. The van der Waals surface area contributed by atoms with E-state index >= 15 is 0 Å². The Morgan fingerprint density at radius 2 is 1.90 bits per heavy atom. The number of carbonyl (C=O) groups excluding carboxylic acids is 2. The number of carbonyl (C=O) groups is 2. The molecule has 1 aliphatic rings. The van der Waals surface area contributed by atoms with Gasteiger partial charge in [-0.3, -0.25) is 14.0 Å². The van der Waals surface area contributed by atoms with E-state index in [4.69, 9.17) is 4.98 Å². The number of rotatable bonds is 6. The number of hydrogen-bond acceptors (Lipinski definition) is 6. The van der Waals surface area contributed by atoms with Gasteiger partial charge in [0.1, 0.15) is 22.2 Å². The average molecular weight is 574 g/mol. The first-order chi connectivity index (χ1) is 19.4. The highest BCUT2D eigenvalue weighted by Gasteiger charge is 2.32. The van der Waals surface area contributed by atoms with Crippen LogP contribution in [-0.2, 0) is 0 Å². The van der Waals surface area contributed by atoms with Crippen molar-refractivity contribution in [2.75, 3.05) is 13.1 Å². The first kappa shape index (κ1) is 26.3. The number of imidazole rings is 1. The highest BCUT2D eigenvalue weighted by Crippen LogP contribution is 2.37. The normalized spacial score (nSPS) is 15.5. The molecule has 2 aromatic carbocycles. The third-order valence-corrected chi connectivity index (χ3v) is 9.15. The van der Waals surface area contributed by atoms with Crippen LogP contribution in [0.5, 0.6) is 0 Å². The van der Waals surface area contributed by atoms with Crippen LogP contribution >= 0.6 is 22.7 Å². The van der Waals surface area contributed by atoms with Gasteiger partial charge in [-0.25, -0.2) is 14.4 Å². The number of aromatic nitrogens is 3. The SMILES string of the molecule is Cc1cccc(-c2nc(C(=O)N3CCCC[C@H]3CNC(=O)c3c(C)nc4sccn34)c(-c3ccc(F)cc3)s2)c1. The molecule has 40 heavy (non-hydrogen) atoms. The summed E-state index contributed by atoms with van der Waals surface area (Å²) < 4.78 is 15.5. The van der Waals surface area contributed by atoms with Crippen molar-refractivity contribution in [3.8, 4) is 21.0 Å². The number of nitrogens with zero attached hydrogens (tertiary/aromatic N) is 4. The third-order valence-electron chi connectivity index (χ3n) is 7.24. The molecule has 6 rings (SSSR count). The lowest BCUT2D eigenvalue weighted by Crippen LogP contribution is -2.49. The third kappa shape index (κ3) is 5.04. The molecule has 1 aliphatic heterocycles. The molecule has 0 aliphatic carbocycles. The first-order valence-electron chi connectivity index (χ1n) is 13.2. The minimum Gasteiger partial charge on any atom is -0.349 e. The second-order valence-corrected chi connectivity index (χ2v) is 11.9. The Bertz CT molecular complexity index is 1700. The molecule has 1 N–H and O–H groups in total. The van der Waals surface area contributed by atoms with Crippen molar-refractivity contribution in [2.24, 2.45) is 0 Å². The van der Waals surface area contributed by atoms with Gasteiger partial charge >= 0.3 is 0 Å². The lowest BCUT2D eigenvalue weighted by atomic mass is 10.0. The van der Waals surface area contributed by atoms with Gasteiger partial charge in [0.05, 0.1) is 10.6 Å². The second kappa shape index (κ2) is 10.9. The number of halogens is 1. The summed E-state index contributed by atoms with van der Waals surface area (Å²) in [5.74, 6) is -0.710. The number of fused-ring (bicyclic) bond motifs is 1. The Hall–Kier alpha value is -3.89. The predicted molar refractivity (Wildman–Crippen MR) is 156 cm³/mol. The summed E-state index contributed by atoms with van der Waals surface area (Å²) in [6, 6.07) is 14.0. The van der Waals surface area contributed by atoms with Crippen molar-refractivity contribution in [1.82, 2.24) is 24.6 Å². The van der Waals surface area contributed by atoms with Crippen LogP contribution < -0.4 is 5.32 Å². The molecule has 0 bridgehead atoms. The molecule has 7 nitrogen and oxygen atoms in total. The largest absolute Gasteiger partial charge is 0.349 e. The molecule has 5 aromatic rings. The fraction of sp³-hybridized carbons (Fsp3) is 0.267. The predicted octanol–water partition coefficient (Wildman–Crippen LogP) is 6.37. The Labute approximate surface area is 239 Å². The number of nitrogens with one attached hydrogen (secondary N) is 1. The number of likely N-dealkylation sites (tertiary alicyclic amines) is 1. The van der Waals surface area contributed by atoms with Crippen molar-refractivity contribution >= 4 is 39.4 Å². The van der Waals surface area contributed by atoms with Crippen molar-refractivity contribution in [2.45, 2.75) is 39.2 Å². The number of thiazole rings is 2. The first-order valence-corrected chi connectivity index (χ1v) is 14.9. The van der Waals surface area contributed by atoms with Gasteiger partial charge in [0, 0.05) is 36.3 Å². The molecule has 204 valence electrons. The molecule has 4 heterocycles. The Morgan fingerprint density at radius 1 is 1.07 bits per heavy atom. The summed E-state index contributed by atoms with van der Waals surface area (Å²) in [7, 11) is 0. The highest BCUT2D eigenvalue weighted by atomic mass is 32.1. The molecular formula is C30H28FN5O2S2. The molecule has 1 atom stereocenters. The van der Waals surface area contributed by atoms with Crippen molar-refractivity contribution in [3.05, 3.63) is 88.6 Å². The number of piperidine rings is 1. The second-order valence-electron chi connectivity index (χ2n) is 10.0. The molecule has 10 heteroatoms. The van der Waals surface area contributed by atoms with E-state index in [2.05, 4.69) is 10.3 Å². The van der Waals surface area contributed by atoms with Gasteiger partial charge in [-0.1, -0.05) is 35.9 Å². The molecule has 0 unspecified atom stereocenters. The van der Waals surface area contributed by atoms with Crippen molar-refractivity contribution in [1.29, 1.82) is 0 Å². The van der Waals surface area contributed by atoms with Crippen LogP contribution in [0.2, 0.25) is 0 Å². The van der Waals surface area contributed by atoms with Crippen LogP contribution in [0.1, 0.15) is 51.5 Å². The quantitative estimate of drug-likeness (QED) is 0.256. The molecule has 0 spiro atoms. The number of hydrogen-bond donors (Lipinski definition) is 1. The summed E-state index contributed by atoms with van der Waals surface area (Å²) in [5.41, 5.74) is 4.34. The van der Waals surface area contributed by atoms with Gasteiger partial charge in [0.25, 0.3) is 11.8 Å². The molecule has 2 amide bonds. The van der Waals surface area contributed by atoms with Gasteiger partial charge in [0.15, 0.2) is 4.96 Å². The maximum Gasteiger partial charge on any atom is 0.274 e. The van der Waals surface area contributed by atoms with E-state index in [0.717, 1.165) is 45.9 Å². The van der Waals surface area contributed by atoms with E-state index < -0.39 is 0 Å². The zero-order valence-corrected chi connectivity index (χ0v) is 23.8. The van der Waals surface area contributed by atoms with Crippen molar-refractivity contribution < 1.29 is 14.0 Å². The van der Waals surface area contributed by atoms with E-state index in [-0.39, 0.29) is 23.7 Å². The average Bonchev–Trinajstić information content (AvgIpc) is 3.67. The molecule has 1 fully saturated rings. The maximum atomic E-state index is 14.1. The molecule has 3 aromatic heterocycles. The Balaban J connectivity index is 1.29. The minimum absolute atomic E-state index is 0.165. The zero-order chi connectivity index (χ0) is 27.8. The molecular weight excluding hydrogens is 545 g/mol. The van der Waals surface area contributed by atoms with E-state index in [9.17, 15) is 14.0 Å². The standard InChI is InChI=1S/C30H28FN5O2S2/c1-18-6-5-7-21(16-18)28-34-24(26(40-28)20-9-11-22(31)12-10-20)29(38)35-13-4-3-8-23(35)17-32-27(37)25-19(2)33-30-36(25)14-15-39-30/h5-7,9-12,14-16,23H,3-4,8,13,17H2,1-2H3,(H,32,37)/t23-/m0/s1. The Morgan fingerprint density at radius 3 is 2.70 bits per heavy atom. The van der Waals surface area contributed by atoms with Crippen LogP contribution in [0.4, 0.5) is 4.39 Å². The van der Waals surface area contributed by atoms with Gasteiger partial charge in [-0.05, 0) is 56.9 Å². The van der Waals surface area contributed by atoms with Crippen molar-refractivity contribution in [3.63, 3.8) is 0 Å².